The van der Waals surface area contributed by atoms with Gasteiger partial charge in [-0.1, -0.05) is 0 Å². The van der Waals surface area contributed by atoms with Crippen molar-refractivity contribution in [2.45, 2.75) is 70.0 Å². The summed E-state index contributed by atoms with van der Waals surface area (Å²) in [6.45, 7) is 10.2. The Kier molecular flexibility index (Phi) is 6.40. The fraction of sp³-hybridized carbons (Fsp3) is 0.818. The molecule has 0 saturated carbocycles. The van der Waals surface area contributed by atoms with E-state index in [0.29, 0.717) is 26.4 Å². The van der Waals surface area contributed by atoms with Gasteiger partial charge in [0, 0.05) is 11.8 Å². The number of alkyl carbamates (subject to hydrolysis) is 2. The number of carbonyl (C=O) groups excluding carboxylic acids is 4. The molecule has 4 aliphatic rings. The number of hydrogen-bond acceptors (Lipinski definition) is 8. The predicted octanol–water partition coefficient (Wildman–Crippen LogP) is -0.245. The van der Waals surface area contributed by atoms with Gasteiger partial charge in [0.05, 0.1) is 45.1 Å². The van der Waals surface area contributed by atoms with Gasteiger partial charge in [-0.25, -0.2) is 9.59 Å². The van der Waals surface area contributed by atoms with Crippen LogP contribution in [0, 0.1) is 11.8 Å². The van der Waals surface area contributed by atoms with Gasteiger partial charge in [0.1, 0.15) is 23.3 Å². The maximum Gasteiger partial charge on any atom is 0.408 e. The maximum atomic E-state index is 13.2. The van der Waals surface area contributed by atoms with Crippen molar-refractivity contribution >= 4 is 24.0 Å². The summed E-state index contributed by atoms with van der Waals surface area (Å²) in [4.78, 5) is 51.9. The topological polar surface area (TPSA) is 145 Å². The molecule has 3 N–H and O–H groups in total. The molecule has 0 radical (unpaired) electrons. The van der Waals surface area contributed by atoms with Crippen LogP contribution in [-0.4, -0.2) is 97.2 Å². The Morgan fingerprint density at radius 3 is 2.26 bits per heavy atom. The van der Waals surface area contributed by atoms with Gasteiger partial charge in [0.25, 0.3) is 0 Å². The summed E-state index contributed by atoms with van der Waals surface area (Å²) in [6, 6.07) is -1.87. The number of likely N-dealkylation sites (tertiary alicyclic amines) is 1. The Labute approximate surface area is 198 Å². The van der Waals surface area contributed by atoms with E-state index in [1.165, 1.54) is 0 Å². The minimum Gasteiger partial charge on any atom is -0.444 e. The molecule has 4 rings (SSSR count). The number of rotatable bonds is 5. The average Bonchev–Trinajstić information content (AvgIpc) is 3.43. The lowest BCUT2D eigenvalue weighted by atomic mass is 9.99. The molecule has 4 heterocycles. The van der Waals surface area contributed by atoms with Crippen molar-refractivity contribution in [2.24, 2.45) is 11.8 Å². The van der Waals surface area contributed by atoms with Crippen LogP contribution in [0.3, 0.4) is 0 Å². The summed E-state index contributed by atoms with van der Waals surface area (Å²) in [6.07, 6.45) is -1.41. The molecular formula is C22H34N4O8. The molecule has 4 fully saturated rings. The van der Waals surface area contributed by atoms with Gasteiger partial charge in [-0.3, -0.25) is 9.59 Å². The van der Waals surface area contributed by atoms with Crippen molar-refractivity contribution in [1.29, 1.82) is 0 Å². The first-order valence-corrected chi connectivity index (χ1v) is 11.6. The molecule has 0 unspecified atom stereocenters. The molecule has 0 aliphatic carbocycles. The molecule has 0 bridgehead atoms. The molecule has 12 heteroatoms. The van der Waals surface area contributed by atoms with Gasteiger partial charge in [0.15, 0.2) is 0 Å². The second-order valence-corrected chi connectivity index (χ2v) is 10.9. The van der Waals surface area contributed by atoms with Gasteiger partial charge in [-0.15, -0.1) is 0 Å². The van der Waals surface area contributed by atoms with Crippen LogP contribution in [0.2, 0.25) is 0 Å². The van der Waals surface area contributed by atoms with Crippen LogP contribution < -0.4 is 16.0 Å². The summed E-state index contributed by atoms with van der Waals surface area (Å²) in [5, 5.41) is 8.13. The fourth-order valence-corrected chi connectivity index (χ4v) is 5.06. The van der Waals surface area contributed by atoms with Gasteiger partial charge in [0.2, 0.25) is 11.8 Å². The summed E-state index contributed by atoms with van der Waals surface area (Å²) >= 11 is 0. The predicted molar refractivity (Wildman–Crippen MR) is 117 cm³/mol. The van der Waals surface area contributed by atoms with Crippen LogP contribution in [0.5, 0.6) is 0 Å². The molecule has 4 amide bonds. The van der Waals surface area contributed by atoms with Crippen molar-refractivity contribution in [3.8, 4) is 0 Å². The SMILES string of the molecule is CC(C)(C)OC(=O)N[C@H]1C(=O)N(CC(C)(C)OC(=O)N[C@@H]2C(=O)N[C@H]3COC[C@H]32)[C@@H]2COC[C@@H]21. The molecule has 12 nitrogen and oxygen atoms in total. The molecule has 0 spiro atoms. The Bertz CT molecular complexity index is 856. The van der Waals surface area contributed by atoms with Crippen LogP contribution in [-0.2, 0) is 28.5 Å². The van der Waals surface area contributed by atoms with Gasteiger partial charge < -0.3 is 39.8 Å². The number of hydrogen-bond donors (Lipinski definition) is 3. The third-order valence-corrected chi connectivity index (χ3v) is 6.50. The minimum atomic E-state index is -1.06. The maximum absolute atomic E-state index is 13.2. The molecule has 0 aromatic rings. The van der Waals surface area contributed by atoms with E-state index in [1.54, 1.807) is 39.5 Å². The molecule has 34 heavy (non-hydrogen) atoms. The number of ether oxygens (including phenoxy) is 4. The molecular weight excluding hydrogens is 448 g/mol. The number of nitrogens with one attached hydrogen (secondary N) is 3. The number of carbonyl (C=O) groups is 4. The van der Waals surface area contributed by atoms with Crippen molar-refractivity contribution < 1.29 is 38.1 Å². The number of amides is 4. The lowest BCUT2D eigenvalue weighted by Crippen LogP contribution is -2.52. The van der Waals surface area contributed by atoms with E-state index in [0.717, 1.165) is 0 Å². The molecule has 4 saturated heterocycles. The van der Waals surface area contributed by atoms with Crippen LogP contribution in [0.4, 0.5) is 9.59 Å². The van der Waals surface area contributed by atoms with Crippen molar-refractivity contribution in [2.75, 3.05) is 33.0 Å². The summed E-state index contributed by atoms with van der Waals surface area (Å²) in [7, 11) is 0. The minimum absolute atomic E-state index is 0.0995. The third-order valence-electron chi connectivity index (χ3n) is 6.50. The third kappa shape index (κ3) is 5.07. The first kappa shape index (κ1) is 24.5. The van der Waals surface area contributed by atoms with Crippen molar-refractivity contribution in [1.82, 2.24) is 20.9 Å². The molecule has 0 aromatic heterocycles. The van der Waals surface area contributed by atoms with E-state index >= 15 is 0 Å². The van der Waals surface area contributed by atoms with Gasteiger partial charge in [-0.2, -0.15) is 0 Å². The first-order valence-electron chi connectivity index (χ1n) is 11.6. The highest BCUT2D eigenvalue weighted by atomic mass is 16.6. The Hall–Kier alpha value is -2.60. The van der Waals surface area contributed by atoms with Crippen molar-refractivity contribution in [3.63, 3.8) is 0 Å². The zero-order chi connectivity index (χ0) is 24.8. The normalized spacial score (nSPS) is 32.8. The number of fused-ring (bicyclic) bond motifs is 2. The largest absolute Gasteiger partial charge is 0.444 e. The molecule has 6 atom stereocenters. The first-order chi connectivity index (χ1) is 15.8. The van der Waals surface area contributed by atoms with E-state index in [2.05, 4.69) is 16.0 Å². The summed E-state index contributed by atoms with van der Waals surface area (Å²) in [5.74, 6) is -0.905. The smallest absolute Gasteiger partial charge is 0.408 e. The van der Waals surface area contributed by atoms with Crippen LogP contribution in [0.15, 0.2) is 0 Å². The Morgan fingerprint density at radius 1 is 0.941 bits per heavy atom. The Balaban J connectivity index is 1.36. The van der Waals surface area contributed by atoms with E-state index in [1.807, 2.05) is 0 Å². The van der Waals surface area contributed by atoms with Crippen LogP contribution >= 0.6 is 0 Å². The second kappa shape index (κ2) is 8.88. The summed E-state index contributed by atoms with van der Waals surface area (Å²) in [5.41, 5.74) is -1.75. The zero-order valence-corrected chi connectivity index (χ0v) is 20.2. The molecule has 0 aromatic carbocycles. The van der Waals surface area contributed by atoms with Crippen LogP contribution in [0.25, 0.3) is 0 Å². The lowest BCUT2D eigenvalue weighted by molar-refractivity contribution is -0.134. The monoisotopic (exact) mass is 482 g/mol. The highest BCUT2D eigenvalue weighted by molar-refractivity contribution is 5.89. The fourth-order valence-electron chi connectivity index (χ4n) is 5.06. The highest BCUT2D eigenvalue weighted by Gasteiger charge is 2.53. The zero-order valence-electron chi connectivity index (χ0n) is 20.2. The highest BCUT2D eigenvalue weighted by Crippen LogP contribution is 2.33. The van der Waals surface area contributed by atoms with E-state index < -0.39 is 35.5 Å². The standard InChI is InChI=1S/C22H34N4O8/c1-21(2,3)33-19(29)25-16-12-7-32-9-14(12)26(18(16)28)10-22(4,5)34-20(30)24-15-11-6-31-8-13(11)23-17(15)27/h11-16H,6-10H2,1-5H3,(H,23,27)(H,24,30)(H,25,29)/t11-,12+,13+,14-,15+,16-/m1/s1. The van der Waals surface area contributed by atoms with Crippen molar-refractivity contribution in [3.05, 3.63) is 0 Å². The lowest BCUT2D eigenvalue weighted by Gasteiger charge is -2.33. The van der Waals surface area contributed by atoms with Gasteiger partial charge in [-0.05, 0) is 34.6 Å². The van der Waals surface area contributed by atoms with E-state index in [-0.39, 0.29) is 42.3 Å². The average molecular weight is 483 g/mol. The molecule has 190 valence electrons. The quantitative estimate of drug-likeness (QED) is 0.487. The van der Waals surface area contributed by atoms with E-state index in [4.69, 9.17) is 18.9 Å². The molecule has 4 aliphatic heterocycles. The van der Waals surface area contributed by atoms with Gasteiger partial charge >= 0.3 is 12.2 Å². The second-order valence-electron chi connectivity index (χ2n) is 10.9. The van der Waals surface area contributed by atoms with Crippen LogP contribution in [0.1, 0.15) is 34.6 Å². The number of nitrogens with zero attached hydrogens (tertiary/aromatic N) is 1. The Morgan fingerprint density at radius 2 is 1.56 bits per heavy atom. The summed E-state index contributed by atoms with van der Waals surface area (Å²) < 4.78 is 21.9. The van der Waals surface area contributed by atoms with E-state index in [9.17, 15) is 19.2 Å².